The van der Waals surface area contributed by atoms with Crippen LogP contribution in [0.1, 0.15) is 35.1 Å². The van der Waals surface area contributed by atoms with Gasteiger partial charge < -0.3 is 0 Å². The van der Waals surface area contributed by atoms with Gasteiger partial charge in [-0.15, -0.1) is 0 Å². The first kappa shape index (κ1) is 23.2. The van der Waals surface area contributed by atoms with Crippen LogP contribution in [0.15, 0.2) is 134 Å². The van der Waals surface area contributed by atoms with E-state index < -0.39 is 0 Å². The Bertz CT molecular complexity index is 2060. The van der Waals surface area contributed by atoms with Crippen molar-refractivity contribution in [1.29, 1.82) is 0 Å². The Morgan fingerprint density at radius 1 is 0.575 bits per heavy atom. The van der Waals surface area contributed by atoms with Crippen molar-refractivity contribution in [2.75, 3.05) is 0 Å². The van der Waals surface area contributed by atoms with Gasteiger partial charge in [0.15, 0.2) is 0 Å². The predicted octanol–water partition coefficient (Wildman–Crippen LogP) is 8.58. The molecule has 0 nitrogen and oxygen atoms in total. The fourth-order valence-corrected chi connectivity index (χ4v) is 7.17. The molecule has 5 aromatic rings. The van der Waals surface area contributed by atoms with E-state index in [0.29, 0.717) is 5.92 Å². The van der Waals surface area contributed by atoms with Crippen molar-refractivity contribution in [3.05, 3.63) is 166 Å². The van der Waals surface area contributed by atoms with Gasteiger partial charge in [-0.3, -0.25) is 0 Å². The zero-order valence-corrected chi connectivity index (χ0v) is 22.4. The van der Waals surface area contributed by atoms with Crippen LogP contribution in [-0.4, -0.2) is 0 Å². The van der Waals surface area contributed by atoms with Crippen LogP contribution in [0, 0.1) is 11.8 Å². The number of allylic oxidation sites excluding steroid dienone is 6. The first-order valence-corrected chi connectivity index (χ1v) is 14.4. The summed E-state index contributed by atoms with van der Waals surface area (Å²) in [5, 5.41) is 7.99. The van der Waals surface area contributed by atoms with Crippen molar-refractivity contribution >= 4 is 44.8 Å². The summed E-state index contributed by atoms with van der Waals surface area (Å²) in [6.07, 6.45) is 20.4. The highest BCUT2D eigenvalue weighted by molar-refractivity contribution is 5.98. The Morgan fingerprint density at radius 3 is 2.30 bits per heavy atom. The topological polar surface area (TPSA) is 0 Å². The minimum atomic E-state index is 0.286. The first-order chi connectivity index (χ1) is 19.9. The lowest BCUT2D eigenvalue weighted by molar-refractivity contribution is 0.587. The largest absolute Gasteiger partial charge is 0.0839 e. The van der Waals surface area contributed by atoms with E-state index in [0.717, 1.165) is 12.8 Å². The lowest BCUT2D eigenvalue weighted by atomic mass is 9.70. The fourth-order valence-electron chi connectivity index (χ4n) is 7.17. The van der Waals surface area contributed by atoms with Crippen LogP contribution < -0.4 is 10.4 Å². The summed E-state index contributed by atoms with van der Waals surface area (Å²) < 4.78 is 0. The van der Waals surface area contributed by atoms with E-state index in [9.17, 15) is 0 Å². The molecule has 0 fully saturated rings. The molecule has 0 aromatic heterocycles. The molecule has 5 aromatic carbocycles. The molecular weight excluding hydrogens is 480 g/mol. The van der Waals surface area contributed by atoms with Crippen LogP contribution in [0.3, 0.4) is 0 Å². The van der Waals surface area contributed by atoms with Crippen molar-refractivity contribution in [2.45, 2.75) is 12.8 Å². The Hall–Kier alpha value is -4.68. The summed E-state index contributed by atoms with van der Waals surface area (Å²) in [4.78, 5) is 0. The van der Waals surface area contributed by atoms with E-state index in [1.807, 2.05) is 0 Å². The Labute approximate surface area is 235 Å². The maximum Gasteiger partial charge on any atom is 0.0105 e. The molecule has 3 aliphatic rings. The molecule has 8 rings (SSSR count). The third kappa shape index (κ3) is 3.67. The minimum absolute atomic E-state index is 0.286. The summed E-state index contributed by atoms with van der Waals surface area (Å²) in [6.45, 7) is 0. The quantitative estimate of drug-likeness (QED) is 0.223. The maximum atomic E-state index is 2.45. The Morgan fingerprint density at radius 2 is 1.35 bits per heavy atom. The molecule has 0 heteroatoms. The van der Waals surface area contributed by atoms with E-state index in [1.54, 1.807) is 0 Å². The number of rotatable bonds is 2. The molecule has 3 aliphatic carbocycles. The van der Waals surface area contributed by atoms with Gasteiger partial charge >= 0.3 is 0 Å². The van der Waals surface area contributed by atoms with Gasteiger partial charge in [0.2, 0.25) is 0 Å². The van der Waals surface area contributed by atoms with Crippen molar-refractivity contribution in [3.8, 4) is 0 Å². The van der Waals surface area contributed by atoms with Crippen molar-refractivity contribution in [3.63, 3.8) is 0 Å². The van der Waals surface area contributed by atoms with Crippen molar-refractivity contribution < 1.29 is 0 Å². The van der Waals surface area contributed by atoms with Crippen molar-refractivity contribution in [1.82, 2.24) is 0 Å². The molecule has 0 aliphatic heterocycles. The molecule has 190 valence electrons. The minimum Gasteiger partial charge on any atom is -0.0839 e. The van der Waals surface area contributed by atoms with E-state index in [2.05, 4.69) is 146 Å². The second-order valence-electron chi connectivity index (χ2n) is 11.1. The maximum absolute atomic E-state index is 2.45. The summed E-state index contributed by atoms with van der Waals surface area (Å²) >= 11 is 0. The standard InChI is InChI=1S/C40H30/c1-3-12-28-22-23-29-24-25-30(26-38(29)32(28)15-4-1)39-34-17-5-2-6-18-36(34)40(37-20-10-9-19-35(37)39)33-21-11-14-27-13-7-8-16-31(27)33/h2-17,19-26,34,36H,1,18H2/t34?,36-/m0/s1. The van der Waals surface area contributed by atoms with E-state index >= 15 is 0 Å². The predicted molar refractivity (Wildman–Crippen MR) is 171 cm³/mol. The lowest BCUT2D eigenvalue weighted by Crippen LogP contribution is -2.40. The highest BCUT2D eigenvalue weighted by atomic mass is 14.4. The second kappa shape index (κ2) is 9.50. The number of hydrogen-bond donors (Lipinski definition) is 0. The molecule has 1 unspecified atom stereocenters. The molecule has 0 spiro atoms. The number of hydrogen-bond acceptors (Lipinski definition) is 0. The van der Waals surface area contributed by atoms with Gasteiger partial charge in [-0.25, -0.2) is 0 Å². The van der Waals surface area contributed by atoms with Crippen LogP contribution in [0.4, 0.5) is 0 Å². The third-order valence-electron chi connectivity index (χ3n) is 8.94. The smallest absolute Gasteiger partial charge is 0.0105 e. The summed E-state index contributed by atoms with van der Waals surface area (Å²) in [6, 6.07) is 36.4. The van der Waals surface area contributed by atoms with Crippen molar-refractivity contribution in [2.24, 2.45) is 11.8 Å². The van der Waals surface area contributed by atoms with Gasteiger partial charge in [-0.2, -0.15) is 0 Å². The molecule has 0 N–H and O–H groups in total. The third-order valence-corrected chi connectivity index (χ3v) is 8.94. The average molecular weight is 511 g/mol. The average Bonchev–Trinajstić information content (AvgIpc) is 3.41. The molecular formula is C40H30. The van der Waals surface area contributed by atoms with Gasteiger partial charge in [0.05, 0.1) is 0 Å². The van der Waals surface area contributed by atoms with Crippen LogP contribution in [0.2, 0.25) is 0 Å². The van der Waals surface area contributed by atoms with Crippen LogP contribution >= 0.6 is 0 Å². The highest BCUT2D eigenvalue weighted by Gasteiger charge is 2.32. The molecule has 40 heavy (non-hydrogen) atoms. The van der Waals surface area contributed by atoms with Gasteiger partial charge in [-0.05, 0) is 90.2 Å². The van der Waals surface area contributed by atoms with E-state index in [1.165, 1.54) is 65.4 Å². The normalized spacial score (nSPS) is 19.3. The molecule has 0 saturated carbocycles. The zero-order chi connectivity index (χ0) is 26.5. The van der Waals surface area contributed by atoms with Gasteiger partial charge in [-0.1, -0.05) is 140 Å². The van der Waals surface area contributed by atoms with Gasteiger partial charge in [0, 0.05) is 5.92 Å². The van der Waals surface area contributed by atoms with Crippen LogP contribution in [-0.2, 0) is 0 Å². The Balaban J connectivity index is 1.48. The number of fused-ring (bicyclic) bond motifs is 6. The fraction of sp³-hybridized carbons (Fsp3) is 0.100. The second-order valence-corrected chi connectivity index (χ2v) is 11.1. The molecule has 0 amide bonds. The summed E-state index contributed by atoms with van der Waals surface area (Å²) in [7, 11) is 0. The summed E-state index contributed by atoms with van der Waals surface area (Å²) in [5.74, 6) is 0.645. The lowest BCUT2D eigenvalue weighted by Gasteiger charge is -2.33. The summed E-state index contributed by atoms with van der Waals surface area (Å²) in [5.41, 5.74) is 8.24. The molecule has 0 bridgehead atoms. The number of benzene rings is 5. The van der Waals surface area contributed by atoms with Gasteiger partial charge in [0.1, 0.15) is 0 Å². The van der Waals surface area contributed by atoms with Gasteiger partial charge in [0.25, 0.3) is 0 Å². The Kier molecular flexibility index (Phi) is 5.52. The monoisotopic (exact) mass is 510 g/mol. The molecule has 2 atom stereocenters. The van der Waals surface area contributed by atoms with Crippen LogP contribution in [0.25, 0.3) is 44.8 Å². The molecule has 0 radical (unpaired) electrons. The van der Waals surface area contributed by atoms with E-state index in [4.69, 9.17) is 0 Å². The highest BCUT2D eigenvalue weighted by Crippen LogP contribution is 2.43. The molecule has 0 heterocycles. The first-order valence-electron chi connectivity index (χ1n) is 14.4. The van der Waals surface area contributed by atoms with Crippen LogP contribution in [0.5, 0.6) is 0 Å². The molecule has 0 saturated heterocycles. The zero-order valence-electron chi connectivity index (χ0n) is 22.4. The van der Waals surface area contributed by atoms with E-state index in [-0.39, 0.29) is 5.92 Å². The SMILES string of the molecule is C1=CC[C@@H]2C(c3cccc4ccccc34)=c3ccccc3=C(c3ccc4ccc5c(c4c3)C=CCC=C5)C2C=C1.